The highest BCUT2D eigenvalue weighted by Crippen LogP contribution is 2.36. The lowest BCUT2D eigenvalue weighted by Crippen LogP contribution is -2.34. The molecule has 0 aliphatic carbocycles. The van der Waals surface area contributed by atoms with Crippen LogP contribution in [0.3, 0.4) is 0 Å². The predicted octanol–water partition coefficient (Wildman–Crippen LogP) is 5.31. The summed E-state index contributed by atoms with van der Waals surface area (Å²) in [6.45, 7) is 1.95. The fourth-order valence-electron chi connectivity index (χ4n) is 2.51. The van der Waals surface area contributed by atoms with E-state index in [1.165, 1.54) is 6.07 Å². The molecule has 0 spiro atoms. The van der Waals surface area contributed by atoms with Gasteiger partial charge in [0.15, 0.2) is 5.11 Å². The van der Waals surface area contributed by atoms with E-state index < -0.39 is 0 Å². The van der Waals surface area contributed by atoms with Gasteiger partial charge in [0.05, 0.1) is 6.04 Å². The van der Waals surface area contributed by atoms with Crippen molar-refractivity contribution in [2.75, 3.05) is 11.1 Å². The van der Waals surface area contributed by atoms with Crippen LogP contribution < -0.4 is 10.6 Å². The molecule has 0 saturated heterocycles. The van der Waals surface area contributed by atoms with E-state index in [0.29, 0.717) is 10.1 Å². The summed E-state index contributed by atoms with van der Waals surface area (Å²) in [5.74, 6) is 0.761. The first kappa shape index (κ1) is 16.6. The van der Waals surface area contributed by atoms with Gasteiger partial charge in [0.25, 0.3) is 0 Å². The molecule has 0 radical (unpaired) electrons. The zero-order chi connectivity index (χ0) is 16.4. The Labute approximate surface area is 149 Å². The molecule has 0 amide bonds. The van der Waals surface area contributed by atoms with Crippen LogP contribution >= 0.6 is 35.6 Å². The Morgan fingerprint density at radius 3 is 2.91 bits per heavy atom. The topological polar surface area (TPSA) is 24.1 Å². The van der Waals surface area contributed by atoms with E-state index in [1.54, 1.807) is 17.8 Å². The number of thioether (sulfide) groups is 1. The number of hydrogen-bond donors (Lipinski definition) is 2. The fourth-order valence-corrected chi connectivity index (χ4v) is 4.06. The van der Waals surface area contributed by atoms with Gasteiger partial charge in [-0.05, 0) is 67.0 Å². The summed E-state index contributed by atoms with van der Waals surface area (Å²) in [5, 5.41) is 7.63. The van der Waals surface area contributed by atoms with Gasteiger partial charge in [0.2, 0.25) is 0 Å². The molecule has 23 heavy (non-hydrogen) atoms. The van der Waals surface area contributed by atoms with Crippen LogP contribution in [-0.2, 0) is 0 Å². The second kappa shape index (κ2) is 7.07. The van der Waals surface area contributed by atoms with Crippen molar-refractivity contribution in [2.45, 2.75) is 24.3 Å². The van der Waals surface area contributed by atoms with E-state index in [0.717, 1.165) is 33.9 Å². The molecule has 3 rings (SSSR count). The smallest absolute Gasteiger partial charge is 0.171 e. The highest BCUT2D eigenvalue weighted by Gasteiger charge is 2.22. The first-order valence-corrected chi connectivity index (χ1v) is 9.06. The van der Waals surface area contributed by atoms with Gasteiger partial charge in [0, 0.05) is 21.4 Å². The number of anilines is 1. The van der Waals surface area contributed by atoms with Crippen molar-refractivity contribution in [2.24, 2.45) is 0 Å². The molecule has 0 unspecified atom stereocenters. The standard InChI is InChI=1S/C17H16ClFN2S2/c1-10-2-4-12(9-14(10)18)20-17(22)21-15-6-7-23-16-5-3-11(19)8-13(15)16/h2-5,8-9,15H,6-7H2,1H3,(H2,20,21,22)/t15-/m1/s1. The molecule has 1 aliphatic heterocycles. The maximum Gasteiger partial charge on any atom is 0.171 e. The largest absolute Gasteiger partial charge is 0.356 e. The van der Waals surface area contributed by atoms with Gasteiger partial charge in [0.1, 0.15) is 5.82 Å². The molecule has 0 saturated carbocycles. The summed E-state index contributed by atoms with van der Waals surface area (Å²) in [6.07, 6.45) is 0.900. The Kier molecular flexibility index (Phi) is 5.09. The van der Waals surface area contributed by atoms with Gasteiger partial charge in [-0.25, -0.2) is 4.39 Å². The third-order valence-electron chi connectivity index (χ3n) is 3.75. The van der Waals surface area contributed by atoms with Gasteiger partial charge in [-0.1, -0.05) is 17.7 Å². The number of hydrogen-bond acceptors (Lipinski definition) is 2. The molecule has 2 N–H and O–H groups in total. The quantitative estimate of drug-likeness (QED) is 0.703. The second-order valence-electron chi connectivity index (χ2n) is 5.43. The summed E-state index contributed by atoms with van der Waals surface area (Å²) in [6, 6.07) is 10.6. The Morgan fingerprint density at radius 2 is 2.13 bits per heavy atom. The number of thiocarbonyl (C=S) groups is 1. The Bertz CT molecular complexity index is 751. The van der Waals surface area contributed by atoms with Gasteiger partial charge in [-0.15, -0.1) is 11.8 Å². The van der Waals surface area contributed by atoms with Crippen LogP contribution in [0, 0.1) is 12.7 Å². The highest BCUT2D eigenvalue weighted by molar-refractivity contribution is 7.99. The van der Waals surface area contributed by atoms with Gasteiger partial charge in [-0.3, -0.25) is 0 Å². The number of halogens is 2. The van der Waals surface area contributed by atoms with Crippen LogP contribution in [0.15, 0.2) is 41.3 Å². The van der Waals surface area contributed by atoms with Crippen molar-refractivity contribution in [3.63, 3.8) is 0 Å². The Morgan fingerprint density at radius 1 is 1.30 bits per heavy atom. The zero-order valence-corrected chi connectivity index (χ0v) is 14.9. The van der Waals surface area contributed by atoms with Crippen LogP contribution in [0.2, 0.25) is 5.02 Å². The minimum atomic E-state index is -0.220. The average Bonchev–Trinajstić information content (AvgIpc) is 2.51. The molecular formula is C17H16ClFN2S2. The molecule has 120 valence electrons. The minimum Gasteiger partial charge on any atom is -0.356 e. The summed E-state index contributed by atoms with van der Waals surface area (Å²) < 4.78 is 13.5. The van der Waals surface area contributed by atoms with Crippen molar-refractivity contribution in [3.8, 4) is 0 Å². The summed E-state index contributed by atoms with van der Waals surface area (Å²) in [7, 11) is 0. The number of nitrogens with one attached hydrogen (secondary N) is 2. The highest BCUT2D eigenvalue weighted by atomic mass is 35.5. The Balaban J connectivity index is 1.71. The average molecular weight is 367 g/mol. The van der Waals surface area contributed by atoms with E-state index in [-0.39, 0.29) is 11.9 Å². The number of benzene rings is 2. The molecular weight excluding hydrogens is 351 g/mol. The minimum absolute atomic E-state index is 0.0165. The van der Waals surface area contributed by atoms with Crippen molar-refractivity contribution >= 4 is 46.4 Å². The van der Waals surface area contributed by atoms with E-state index >= 15 is 0 Å². The molecule has 0 fully saturated rings. The third-order valence-corrected chi connectivity index (χ3v) is 5.50. The van der Waals surface area contributed by atoms with Gasteiger partial charge < -0.3 is 10.6 Å². The number of aryl methyl sites for hydroxylation is 1. The van der Waals surface area contributed by atoms with Crippen LogP contribution in [-0.4, -0.2) is 10.9 Å². The Hall–Kier alpha value is -1.30. The summed E-state index contributed by atoms with van der Waals surface area (Å²) >= 11 is 13.3. The predicted molar refractivity (Wildman–Crippen MR) is 100 cm³/mol. The van der Waals surface area contributed by atoms with Crippen molar-refractivity contribution in [1.29, 1.82) is 0 Å². The lowest BCUT2D eigenvalue weighted by molar-refractivity contribution is 0.587. The molecule has 6 heteroatoms. The molecule has 1 atom stereocenters. The van der Waals surface area contributed by atoms with E-state index in [4.69, 9.17) is 23.8 Å². The van der Waals surface area contributed by atoms with Crippen LogP contribution in [0.25, 0.3) is 0 Å². The first-order chi connectivity index (χ1) is 11.0. The van der Waals surface area contributed by atoms with Crippen LogP contribution in [0.1, 0.15) is 23.6 Å². The summed E-state index contributed by atoms with van der Waals surface area (Å²) in [5.41, 5.74) is 2.82. The van der Waals surface area contributed by atoms with Crippen LogP contribution in [0.5, 0.6) is 0 Å². The van der Waals surface area contributed by atoms with Gasteiger partial charge >= 0.3 is 0 Å². The molecule has 0 bridgehead atoms. The lowest BCUT2D eigenvalue weighted by Gasteiger charge is -2.27. The lowest BCUT2D eigenvalue weighted by atomic mass is 10.0. The van der Waals surface area contributed by atoms with Crippen molar-refractivity contribution < 1.29 is 4.39 Å². The maximum atomic E-state index is 13.5. The van der Waals surface area contributed by atoms with E-state index in [9.17, 15) is 4.39 Å². The third kappa shape index (κ3) is 3.97. The SMILES string of the molecule is Cc1ccc(NC(=S)N[C@@H]2CCSc3ccc(F)cc32)cc1Cl. The molecule has 2 nitrogen and oxygen atoms in total. The molecule has 1 heterocycles. The zero-order valence-electron chi connectivity index (χ0n) is 12.5. The maximum absolute atomic E-state index is 13.5. The second-order valence-corrected chi connectivity index (χ2v) is 7.39. The van der Waals surface area contributed by atoms with Crippen LogP contribution in [0.4, 0.5) is 10.1 Å². The van der Waals surface area contributed by atoms with Gasteiger partial charge in [-0.2, -0.15) is 0 Å². The van der Waals surface area contributed by atoms with E-state index in [1.807, 2.05) is 31.2 Å². The van der Waals surface area contributed by atoms with Crippen molar-refractivity contribution in [3.05, 3.63) is 58.4 Å². The molecule has 2 aromatic carbocycles. The number of fused-ring (bicyclic) bond motifs is 1. The first-order valence-electron chi connectivity index (χ1n) is 7.29. The molecule has 2 aromatic rings. The number of rotatable bonds is 2. The summed E-state index contributed by atoms with van der Waals surface area (Å²) in [4.78, 5) is 1.11. The van der Waals surface area contributed by atoms with E-state index in [2.05, 4.69) is 10.6 Å². The monoisotopic (exact) mass is 366 g/mol. The van der Waals surface area contributed by atoms with Crippen molar-refractivity contribution in [1.82, 2.24) is 5.32 Å². The molecule has 0 aromatic heterocycles. The normalized spacial score (nSPS) is 16.6. The molecule has 1 aliphatic rings. The fraction of sp³-hybridized carbons (Fsp3) is 0.235.